The summed E-state index contributed by atoms with van der Waals surface area (Å²) >= 11 is 0. The van der Waals surface area contributed by atoms with Gasteiger partial charge >= 0.3 is 0 Å². The molecule has 124 valence electrons. The topological polar surface area (TPSA) is 41.6 Å². The Morgan fingerprint density at radius 2 is 2.04 bits per heavy atom. The number of halogens is 1. The Morgan fingerprint density at radius 1 is 1.20 bits per heavy atom. The number of fused-ring (bicyclic) bond motifs is 1. The Labute approximate surface area is 146 Å². The van der Waals surface area contributed by atoms with E-state index in [-0.39, 0.29) is 11.7 Å². The van der Waals surface area contributed by atoms with Gasteiger partial charge in [-0.05, 0) is 59.7 Å². The van der Waals surface area contributed by atoms with Crippen molar-refractivity contribution in [3.63, 3.8) is 0 Å². The molecule has 0 saturated carbocycles. The first-order valence-electron chi connectivity index (χ1n) is 8.49. The molecular formula is C21H18FN3. The van der Waals surface area contributed by atoms with Crippen molar-refractivity contribution in [3.8, 4) is 6.07 Å². The number of hydrogen-bond donors (Lipinski definition) is 0. The minimum Gasteiger partial charge on any atom is -0.337 e. The van der Waals surface area contributed by atoms with E-state index < -0.39 is 0 Å². The monoisotopic (exact) mass is 331 g/mol. The Balaban J connectivity index is 1.75. The van der Waals surface area contributed by atoms with Gasteiger partial charge in [0, 0.05) is 24.9 Å². The van der Waals surface area contributed by atoms with Crippen molar-refractivity contribution in [1.82, 2.24) is 9.55 Å². The van der Waals surface area contributed by atoms with Crippen LogP contribution in [0.2, 0.25) is 0 Å². The van der Waals surface area contributed by atoms with Crippen LogP contribution in [0.3, 0.4) is 0 Å². The van der Waals surface area contributed by atoms with Gasteiger partial charge in [0.05, 0.1) is 18.0 Å². The van der Waals surface area contributed by atoms with E-state index in [4.69, 9.17) is 0 Å². The van der Waals surface area contributed by atoms with Crippen molar-refractivity contribution in [3.05, 3.63) is 89.3 Å². The minimum absolute atomic E-state index is 0.204. The summed E-state index contributed by atoms with van der Waals surface area (Å²) in [4.78, 5) is 4.15. The van der Waals surface area contributed by atoms with Crippen molar-refractivity contribution >= 4 is 0 Å². The van der Waals surface area contributed by atoms with Crippen LogP contribution in [0.25, 0.3) is 0 Å². The summed E-state index contributed by atoms with van der Waals surface area (Å²) < 4.78 is 15.4. The lowest BCUT2D eigenvalue weighted by Gasteiger charge is -2.34. The van der Waals surface area contributed by atoms with Crippen LogP contribution in [0.1, 0.15) is 40.5 Å². The predicted octanol–water partition coefficient (Wildman–Crippen LogP) is 4.41. The zero-order chi connectivity index (χ0) is 17.2. The minimum atomic E-state index is -0.204. The molecule has 1 aromatic heterocycles. The molecule has 4 heteroatoms. The molecule has 0 aliphatic heterocycles. The molecule has 1 aliphatic carbocycles. The molecule has 2 aromatic carbocycles. The number of rotatable bonds is 3. The van der Waals surface area contributed by atoms with E-state index in [0.29, 0.717) is 11.5 Å². The van der Waals surface area contributed by atoms with Gasteiger partial charge in [0.15, 0.2) is 0 Å². The fourth-order valence-electron chi connectivity index (χ4n) is 3.94. The summed E-state index contributed by atoms with van der Waals surface area (Å²) in [6.07, 6.45) is 7.52. The Bertz CT molecular complexity index is 907. The van der Waals surface area contributed by atoms with Crippen LogP contribution < -0.4 is 0 Å². The molecule has 0 N–H and O–H groups in total. The normalized spacial score (nSPS) is 19.2. The van der Waals surface area contributed by atoms with Crippen LogP contribution in [0.4, 0.5) is 4.39 Å². The van der Waals surface area contributed by atoms with Crippen LogP contribution in [-0.4, -0.2) is 9.55 Å². The second kappa shape index (κ2) is 6.52. The number of imidazole rings is 1. The van der Waals surface area contributed by atoms with Crippen LogP contribution >= 0.6 is 0 Å². The van der Waals surface area contributed by atoms with Crippen molar-refractivity contribution in [2.75, 3.05) is 0 Å². The summed E-state index contributed by atoms with van der Waals surface area (Å²) in [5.74, 6) is 0.393. The molecule has 25 heavy (non-hydrogen) atoms. The maximum Gasteiger partial charge on any atom is 0.123 e. The van der Waals surface area contributed by atoms with Gasteiger partial charge in [0.25, 0.3) is 0 Å². The lowest BCUT2D eigenvalue weighted by Crippen LogP contribution is -2.23. The highest BCUT2D eigenvalue weighted by Crippen LogP contribution is 2.43. The maximum atomic E-state index is 13.3. The van der Waals surface area contributed by atoms with Crippen molar-refractivity contribution in [2.45, 2.75) is 31.2 Å². The Kier molecular flexibility index (Phi) is 4.07. The molecule has 0 bridgehead atoms. The third kappa shape index (κ3) is 3.06. The van der Waals surface area contributed by atoms with Crippen molar-refractivity contribution in [2.24, 2.45) is 0 Å². The molecule has 3 nitrogen and oxygen atoms in total. The fourth-order valence-corrected chi connectivity index (χ4v) is 3.94. The average Bonchev–Trinajstić information content (AvgIpc) is 3.15. The third-order valence-corrected chi connectivity index (χ3v) is 5.15. The summed E-state index contributed by atoms with van der Waals surface area (Å²) in [7, 11) is 0. The molecule has 2 atom stereocenters. The second-order valence-electron chi connectivity index (χ2n) is 6.59. The first kappa shape index (κ1) is 15.6. The van der Waals surface area contributed by atoms with E-state index in [2.05, 4.69) is 21.7 Å². The highest BCUT2D eigenvalue weighted by Gasteiger charge is 2.31. The quantitative estimate of drug-likeness (QED) is 0.713. The van der Waals surface area contributed by atoms with Crippen molar-refractivity contribution in [1.29, 1.82) is 5.26 Å². The molecule has 1 aliphatic rings. The summed E-state index contributed by atoms with van der Waals surface area (Å²) in [6.45, 7) is 0.820. The number of benzene rings is 2. The number of nitrogens with zero attached hydrogens (tertiary/aromatic N) is 3. The van der Waals surface area contributed by atoms with Gasteiger partial charge in [0.1, 0.15) is 5.82 Å². The summed E-state index contributed by atoms with van der Waals surface area (Å²) in [5, 5.41) is 9.17. The van der Waals surface area contributed by atoms with Crippen LogP contribution in [0, 0.1) is 17.1 Å². The van der Waals surface area contributed by atoms with Gasteiger partial charge in [-0.15, -0.1) is 0 Å². The highest BCUT2D eigenvalue weighted by atomic mass is 19.1. The fraction of sp³-hybridized carbons (Fsp3) is 0.238. The first-order chi connectivity index (χ1) is 12.2. The molecule has 1 heterocycles. The van der Waals surface area contributed by atoms with Crippen LogP contribution in [-0.2, 0) is 13.0 Å². The van der Waals surface area contributed by atoms with Gasteiger partial charge < -0.3 is 4.57 Å². The van der Waals surface area contributed by atoms with Crippen LogP contribution in [0.15, 0.2) is 61.2 Å². The zero-order valence-corrected chi connectivity index (χ0v) is 13.8. The second-order valence-corrected chi connectivity index (χ2v) is 6.59. The van der Waals surface area contributed by atoms with Gasteiger partial charge in [-0.2, -0.15) is 5.26 Å². The highest BCUT2D eigenvalue weighted by molar-refractivity contribution is 5.43. The van der Waals surface area contributed by atoms with Gasteiger partial charge in [0.2, 0.25) is 0 Å². The molecule has 0 radical (unpaired) electrons. The molecule has 0 fully saturated rings. The standard InChI is InChI=1S/C21H18FN3/c22-18-5-2-16(3-6-18)19-8-4-17-11-15(12-23)1-7-20(17)21(19)13-25-10-9-24-14-25/h1-3,5-7,9-11,14,19,21H,4,8,13H2/t19-,21-/m1/s1. The van der Waals surface area contributed by atoms with E-state index in [1.165, 1.54) is 28.8 Å². The Hall–Kier alpha value is -2.93. The lowest BCUT2D eigenvalue weighted by atomic mass is 9.71. The molecule has 0 amide bonds. The molecule has 0 saturated heterocycles. The van der Waals surface area contributed by atoms with Crippen LogP contribution in [0.5, 0.6) is 0 Å². The summed E-state index contributed by atoms with van der Waals surface area (Å²) in [6, 6.07) is 15.1. The molecular weight excluding hydrogens is 313 g/mol. The van der Waals surface area contributed by atoms with E-state index >= 15 is 0 Å². The van der Waals surface area contributed by atoms with E-state index in [9.17, 15) is 9.65 Å². The predicted molar refractivity (Wildman–Crippen MR) is 93.6 cm³/mol. The largest absolute Gasteiger partial charge is 0.337 e. The lowest BCUT2D eigenvalue weighted by molar-refractivity contribution is 0.422. The van der Waals surface area contributed by atoms with Gasteiger partial charge in [-0.25, -0.2) is 9.37 Å². The van der Waals surface area contributed by atoms with Crippen molar-refractivity contribution < 1.29 is 4.39 Å². The molecule has 0 unspecified atom stereocenters. The number of aromatic nitrogens is 2. The molecule has 3 aromatic rings. The van der Waals surface area contributed by atoms with Gasteiger partial charge in [-0.1, -0.05) is 18.2 Å². The van der Waals surface area contributed by atoms with E-state index in [1.54, 1.807) is 6.20 Å². The summed E-state index contributed by atoms with van der Waals surface area (Å²) in [5.41, 5.74) is 4.41. The smallest absolute Gasteiger partial charge is 0.123 e. The molecule has 4 rings (SSSR count). The van der Waals surface area contributed by atoms with Gasteiger partial charge in [-0.3, -0.25) is 0 Å². The number of aryl methyl sites for hydroxylation is 1. The maximum absolute atomic E-state index is 13.3. The zero-order valence-electron chi connectivity index (χ0n) is 13.8. The average molecular weight is 331 g/mol. The first-order valence-corrected chi connectivity index (χ1v) is 8.49. The third-order valence-electron chi connectivity index (χ3n) is 5.15. The SMILES string of the molecule is N#Cc1ccc2c(c1)CC[C@H](c1ccc(F)cc1)[C@H]2Cn1ccnc1. The number of nitriles is 1. The molecule has 0 spiro atoms. The Morgan fingerprint density at radius 3 is 2.76 bits per heavy atom. The van der Waals surface area contributed by atoms with E-state index in [1.807, 2.05) is 36.8 Å². The number of hydrogen-bond acceptors (Lipinski definition) is 2. The van der Waals surface area contributed by atoms with E-state index in [0.717, 1.165) is 19.4 Å².